The lowest BCUT2D eigenvalue weighted by atomic mass is 10.1. The molecule has 1 atom stereocenters. The lowest BCUT2D eigenvalue weighted by molar-refractivity contribution is -0.141. The summed E-state index contributed by atoms with van der Waals surface area (Å²) in [5, 5.41) is 17.8. The van der Waals surface area contributed by atoms with Crippen molar-refractivity contribution < 1.29 is 19.0 Å². The average Bonchev–Trinajstić information content (AvgIpc) is 3.53. The van der Waals surface area contributed by atoms with Crippen molar-refractivity contribution in [1.82, 2.24) is 25.2 Å². The number of para-hydroxylation sites is 1. The van der Waals surface area contributed by atoms with Crippen molar-refractivity contribution in [2.45, 2.75) is 25.7 Å². The van der Waals surface area contributed by atoms with Gasteiger partial charge < -0.3 is 24.1 Å². The fourth-order valence-corrected chi connectivity index (χ4v) is 4.38. The van der Waals surface area contributed by atoms with Crippen LogP contribution in [0.25, 0.3) is 22.3 Å². The Bertz CT molecular complexity index is 1350. The van der Waals surface area contributed by atoms with Crippen molar-refractivity contribution in [3.05, 3.63) is 52.6 Å². The van der Waals surface area contributed by atoms with E-state index in [1.54, 1.807) is 6.07 Å². The first-order valence-corrected chi connectivity index (χ1v) is 11.5. The number of tetrazole rings is 1. The Hall–Kier alpha value is -3.28. The van der Waals surface area contributed by atoms with Gasteiger partial charge in [-0.2, -0.15) is 0 Å². The molecule has 0 radical (unpaired) electrons. The maximum Gasteiger partial charge on any atom is 0.272 e. The van der Waals surface area contributed by atoms with Gasteiger partial charge in [-0.1, -0.05) is 28.1 Å². The van der Waals surface area contributed by atoms with Gasteiger partial charge in [0.15, 0.2) is 11.6 Å². The van der Waals surface area contributed by atoms with Gasteiger partial charge in [-0.15, -0.1) is 5.10 Å². The molecule has 1 aliphatic rings. The van der Waals surface area contributed by atoms with E-state index in [0.717, 1.165) is 15.4 Å². The molecule has 2 aromatic heterocycles. The van der Waals surface area contributed by atoms with E-state index < -0.39 is 5.79 Å². The molecule has 1 saturated heterocycles. The average molecular weight is 527 g/mol. The Morgan fingerprint density at radius 3 is 2.91 bits per heavy atom. The molecule has 0 bridgehead atoms. The first kappa shape index (κ1) is 22.5. The maximum absolute atomic E-state index is 13.3. The summed E-state index contributed by atoms with van der Waals surface area (Å²) in [6.07, 6.45) is -0.158. The van der Waals surface area contributed by atoms with Crippen LogP contribution in [0.5, 0.6) is 5.75 Å². The van der Waals surface area contributed by atoms with E-state index in [1.807, 2.05) is 61.9 Å². The number of hydrogen-bond donors (Lipinski definition) is 2. The van der Waals surface area contributed by atoms with Gasteiger partial charge >= 0.3 is 0 Å². The van der Waals surface area contributed by atoms with E-state index in [0.29, 0.717) is 41.7 Å². The Labute approximate surface area is 203 Å². The fourth-order valence-electron chi connectivity index (χ4n) is 4.02. The highest BCUT2D eigenvalue weighted by molar-refractivity contribution is 9.10. The third-order valence-corrected chi connectivity index (χ3v) is 6.07. The molecule has 34 heavy (non-hydrogen) atoms. The summed E-state index contributed by atoms with van der Waals surface area (Å²) < 4.78 is 20.2. The highest BCUT2D eigenvalue weighted by Crippen LogP contribution is 2.32. The number of anilines is 1. The number of aromatic nitrogens is 5. The molecule has 3 heterocycles. The van der Waals surface area contributed by atoms with Crippen LogP contribution in [0, 0.1) is 0 Å². The summed E-state index contributed by atoms with van der Waals surface area (Å²) >= 11 is 3.45. The molecule has 11 heteroatoms. The van der Waals surface area contributed by atoms with Gasteiger partial charge in [0.1, 0.15) is 24.2 Å². The zero-order valence-electron chi connectivity index (χ0n) is 18.8. The van der Waals surface area contributed by atoms with Crippen molar-refractivity contribution in [2.24, 2.45) is 7.05 Å². The minimum Gasteiger partial charge on any atom is -0.489 e. The minimum absolute atomic E-state index is 0.158. The van der Waals surface area contributed by atoms with Crippen LogP contribution in [0.1, 0.15) is 24.3 Å². The highest BCUT2D eigenvalue weighted by atomic mass is 79.9. The van der Waals surface area contributed by atoms with Crippen LogP contribution in [0.2, 0.25) is 0 Å². The quantitative estimate of drug-likeness (QED) is 0.391. The van der Waals surface area contributed by atoms with Gasteiger partial charge in [0.2, 0.25) is 0 Å². The number of halogens is 1. The zero-order chi connectivity index (χ0) is 23.9. The molecule has 2 aromatic carbocycles. The van der Waals surface area contributed by atoms with Gasteiger partial charge in [-0.25, -0.2) is 5.10 Å². The summed E-state index contributed by atoms with van der Waals surface area (Å²) in [7, 11) is 1.84. The fraction of sp³-hybridized carbons (Fsp3) is 0.304. The third kappa shape index (κ3) is 4.41. The number of carbonyl (C=O) groups is 1. The molecule has 0 aliphatic carbocycles. The maximum atomic E-state index is 13.3. The molecular weight excluding hydrogens is 504 g/mol. The molecule has 5 rings (SSSR count). The van der Waals surface area contributed by atoms with E-state index >= 15 is 0 Å². The van der Waals surface area contributed by atoms with Gasteiger partial charge in [-0.3, -0.25) is 4.79 Å². The molecule has 10 nitrogen and oxygen atoms in total. The number of aryl methyl sites for hydroxylation is 1. The summed E-state index contributed by atoms with van der Waals surface area (Å²) in [6.45, 7) is 4.58. The number of fused-ring (bicyclic) bond motifs is 1. The minimum atomic E-state index is -0.607. The van der Waals surface area contributed by atoms with Crippen LogP contribution in [0.4, 0.5) is 5.69 Å². The van der Waals surface area contributed by atoms with E-state index in [1.165, 1.54) is 0 Å². The van der Waals surface area contributed by atoms with Crippen molar-refractivity contribution >= 4 is 38.4 Å². The topological polar surface area (TPSA) is 116 Å². The number of nitrogens with zero attached hydrogens (tertiary/aromatic N) is 4. The predicted molar refractivity (Wildman–Crippen MR) is 129 cm³/mol. The molecule has 1 aliphatic heterocycles. The summed E-state index contributed by atoms with van der Waals surface area (Å²) in [5.41, 5.74) is 2.55. The second kappa shape index (κ2) is 8.82. The molecule has 1 fully saturated rings. The van der Waals surface area contributed by atoms with Gasteiger partial charge in [0.25, 0.3) is 5.91 Å². The summed E-state index contributed by atoms with van der Waals surface area (Å²) in [5.74, 6) is 0.245. The van der Waals surface area contributed by atoms with Crippen molar-refractivity contribution in [3.8, 4) is 17.1 Å². The van der Waals surface area contributed by atoms with Crippen molar-refractivity contribution in [1.29, 1.82) is 0 Å². The van der Waals surface area contributed by atoms with Crippen molar-refractivity contribution in [2.75, 3.05) is 18.5 Å². The Kier molecular flexibility index (Phi) is 5.84. The Morgan fingerprint density at radius 2 is 2.18 bits per heavy atom. The monoisotopic (exact) mass is 526 g/mol. The Morgan fingerprint density at radius 1 is 1.32 bits per heavy atom. The number of ether oxygens (including phenoxy) is 3. The lowest BCUT2D eigenvalue weighted by Crippen LogP contribution is -2.25. The van der Waals surface area contributed by atoms with E-state index in [2.05, 4.69) is 41.9 Å². The first-order valence-electron chi connectivity index (χ1n) is 10.7. The van der Waals surface area contributed by atoms with Gasteiger partial charge in [0, 0.05) is 22.5 Å². The number of benzene rings is 2. The van der Waals surface area contributed by atoms with Crippen LogP contribution in [-0.2, 0) is 16.5 Å². The number of aromatic amines is 1. The molecule has 0 unspecified atom stereocenters. The zero-order valence-corrected chi connectivity index (χ0v) is 20.4. The normalized spacial score (nSPS) is 17.2. The number of carbonyl (C=O) groups excluding carboxylic acids is 1. The van der Waals surface area contributed by atoms with Crippen LogP contribution in [0.15, 0.2) is 46.9 Å². The largest absolute Gasteiger partial charge is 0.489 e. The first-order chi connectivity index (χ1) is 16.3. The molecular formula is C23H23BrN6O4. The van der Waals surface area contributed by atoms with Crippen LogP contribution in [0.3, 0.4) is 0 Å². The molecule has 2 N–H and O–H groups in total. The SMILES string of the molecule is Cn1c(C(=O)Nc2ccc(Br)cc2-c2nnn[nH]2)cc2cccc(OC[C@H]3COC(C)(C)O3)c21. The summed E-state index contributed by atoms with van der Waals surface area (Å²) in [4.78, 5) is 13.3. The second-order valence-corrected chi connectivity index (χ2v) is 9.35. The highest BCUT2D eigenvalue weighted by Gasteiger charge is 2.33. The number of nitrogens with one attached hydrogen (secondary N) is 2. The summed E-state index contributed by atoms with van der Waals surface area (Å²) in [6, 6.07) is 13.0. The third-order valence-electron chi connectivity index (χ3n) is 5.57. The molecule has 1 amide bonds. The predicted octanol–water partition coefficient (Wildman–Crippen LogP) is 3.90. The smallest absolute Gasteiger partial charge is 0.272 e. The van der Waals surface area contributed by atoms with Gasteiger partial charge in [-0.05, 0) is 54.6 Å². The molecule has 4 aromatic rings. The van der Waals surface area contributed by atoms with Crippen molar-refractivity contribution in [3.63, 3.8) is 0 Å². The van der Waals surface area contributed by atoms with E-state index in [-0.39, 0.29) is 12.0 Å². The molecule has 0 saturated carbocycles. The van der Waals surface area contributed by atoms with Gasteiger partial charge in [0.05, 0.1) is 17.8 Å². The standard InChI is InChI=1S/C23H23BrN6O4/c1-23(2)33-12-15(34-23)11-32-19-6-4-5-13-9-18(30(3)20(13)19)22(31)25-17-8-7-14(24)10-16(17)21-26-28-29-27-21/h4-10,15H,11-12H2,1-3H3,(H,25,31)(H,26,27,28,29)/t15-/m0/s1. The number of H-pyrrole nitrogens is 1. The van der Waals surface area contributed by atoms with Crippen LogP contribution in [-0.4, -0.2) is 56.2 Å². The number of amides is 1. The molecule has 176 valence electrons. The number of hydrogen-bond acceptors (Lipinski definition) is 7. The van der Waals surface area contributed by atoms with Crippen LogP contribution < -0.4 is 10.1 Å². The van der Waals surface area contributed by atoms with Crippen LogP contribution >= 0.6 is 15.9 Å². The Balaban J connectivity index is 1.40. The lowest BCUT2D eigenvalue weighted by Gasteiger charge is -2.17. The van der Waals surface area contributed by atoms with E-state index in [9.17, 15) is 4.79 Å². The molecule has 0 spiro atoms. The number of rotatable bonds is 6. The second-order valence-electron chi connectivity index (χ2n) is 8.44. The van der Waals surface area contributed by atoms with E-state index in [4.69, 9.17) is 14.2 Å².